The average Bonchev–Trinajstić information content (AvgIpc) is 2.53. The number of ether oxygens (including phenoxy) is 1. The molecule has 0 radical (unpaired) electrons. The van der Waals surface area contributed by atoms with Gasteiger partial charge >= 0.3 is 0 Å². The zero-order chi connectivity index (χ0) is 18.9. The van der Waals surface area contributed by atoms with Gasteiger partial charge in [-0.2, -0.15) is 0 Å². The number of hydrogen-bond donors (Lipinski definition) is 3. The third-order valence-electron chi connectivity index (χ3n) is 3.77. The van der Waals surface area contributed by atoms with E-state index >= 15 is 0 Å². The lowest BCUT2D eigenvalue weighted by atomic mass is 10.1. The Hall–Kier alpha value is -1.53. The van der Waals surface area contributed by atoms with Crippen LogP contribution in [0.15, 0.2) is 48.8 Å². The zero-order valence-corrected chi connectivity index (χ0v) is 15.4. The Balaban J connectivity index is 2.45. The predicted molar refractivity (Wildman–Crippen MR) is 89.1 cm³/mol. The van der Waals surface area contributed by atoms with Gasteiger partial charge in [0.15, 0.2) is 26.5 Å². The SMILES string of the molecule is COc1cccc(-c2ccc[n+](CC(O)(P(C)(=O)O)P(=O)([O-])O)c2)c1. The molecule has 0 aliphatic carbocycles. The first-order chi connectivity index (χ1) is 11.5. The van der Waals surface area contributed by atoms with Gasteiger partial charge in [0.2, 0.25) is 7.37 Å². The van der Waals surface area contributed by atoms with Crippen LogP contribution in [-0.4, -0.2) is 33.8 Å². The first-order valence-electron chi connectivity index (χ1n) is 7.18. The topological polar surface area (TPSA) is 131 Å². The molecule has 1 aromatic heterocycles. The van der Waals surface area contributed by atoms with Gasteiger partial charge in [0, 0.05) is 18.3 Å². The van der Waals surface area contributed by atoms with E-state index in [1.165, 1.54) is 24.1 Å². The smallest absolute Gasteiger partial charge is 0.263 e. The maximum absolute atomic E-state index is 11.9. The molecule has 2 rings (SSSR count). The summed E-state index contributed by atoms with van der Waals surface area (Å²) in [7, 11) is -8.58. The molecule has 1 aromatic carbocycles. The normalized spacial score (nSPS) is 18.6. The van der Waals surface area contributed by atoms with Crippen LogP contribution in [0.4, 0.5) is 0 Å². The largest absolute Gasteiger partial charge is 0.776 e. The van der Waals surface area contributed by atoms with E-state index in [-0.39, 0.29) is 0 Å². The van der Waals surface area contributed by atoms with Gasteiger partial charge in [0.25, 0.3) is 5.08 Å². The Morgan fingerprint density at radius 1 is 1.20 bits per heavy atom. The highest BCUT2D eigenvalue weighted by molar-refractivity contribution is 7.74. The van der Waals surface area contributed by atoms with Crippen molar-refractivity contribution in [2.45, 2.75) is 11.6 Å². The first-order valence-corrected chi connectivity index (χ1v) is 10.9. The summed E-state index contributed by atoms with van der Waals surface area (Å²) in [5.41, 5.74) is 1.42. The van der Waals surface area contributed by atoms with Crippen molar-refractivity contribution in [2.75, 3.05) is 13.8 Å². The van der Waals surface area contributed by atoms with Crippen LogP contribution in [0.2, 0.25) is 0 Å². The highest BCUT2D eigenvalue weighted by Crippen LogP contribution is 2.65. The van der Waals surface area contributed by atoms with Crippen LogP contribution in [0.25, 0.3) is 11.1 Å². The quantitative estimate of drug-likeness (QED) is 0.492. The van der Waals surface area contributed by atoms with Crippen molar-refractivity contribution in [3.8, 4) is 16.9 Å². The van der Waals surface area contributed by atoms with Crippen molar-refractivity contribution >= 4 is 15.0 Å². The molecule has 0 aliphatic rings. The molecule has 25 heavy (non-hydrogen) atoms. The molecule has 0 fully saturated rings. The van der Waals surface area contributed by atoms with E-state index in [1.807, 2.05) is 0 Å². The summed E-state index contributed by atoms with van der Waals surface area (Å²) >= 11 is 0. The molecule has 136 valence electrons. The second-order valence-electron chi connectivity index (χ2n) is 5.67. The van der Waals surface area contributed by atoms with Crippen LogP contribution in [0, 0.1) is 0 Å². The van der Waals surface area contributed by atoms with Crippen LogP contribution < -0.4 is 14.2 Å². The molecule has 3 atom stereocenters. The van der Waals surface area contributed by atoms with Crippen LogP contribution >= 0.6 is 15.0 Å². The molecule has 10 heteroatoms. The van der Waals surface area contributed by atoms with Crippen molar-refractivity contribution in [3.63, 3.8) is 0 Å². The van der Waals surface area contributed by atoms with Gasteiger partial charge in [0.1, 0.15) is 5.75 Å². The minimum absolute atomic E-state index is 0.622. The van der Waals surface area contributed by atoms with Crippen molar-refractivity contribution < 1.29 is 38.2 Å². The van der Waals surface area contributed by atoms with E-state index in [4.69, 9.17) is 4.74 Å². The van der Waals surface area contributed by atoms with E-state index in [1.54, 1.807) is 36.4 Å². The molecule has 0 bridgehead atoms. The van der Waals surface area contributed by atoms with Crippen molar-refractivity contribution in [2.24, 2.45) is 0 Å². The van der Waals surface area contributed by atoms with Gasteiger partial charge in [-0.05, 0) is 23.8 Å². The van der Waals surface area contributed by atoms with Crippen molar-refractivity contribution in [1.82, 2.24) is 0 Å². The summed E-state index contributed by atoms with van der Waals surface area (Å²) in [6, 6.07) is 10.4. The standard InChI is InChI=1S/C15H19NO7P2/c1-23-14-7-3-5-12(9-14)13-6-4-8-16(10-13)11-15(17,24(2,18)19)25(20,21)22/h3-10,17H,11H2,1-2H3,(H2-,18,19,20,21,22). The van der Waals surface area contributed by atoms with E-state index in [9.17, 15) is 28.9 Å². The lowest BCUT2D eigenvalue weighted by Gasteiger charge is -2.35. The summed E-state index contributed by atoms with van der Waals surface area (Å²) in [6.07, 6.45) is 2.91. The Bertz CT molecular complexity index is 836. The highest BCUT2D eigenvalue weighted by atomic mass is 31.2. The maximum Gasteiger partial charge on any atom is 0.263 e. The third kappa shape index (κ3) is 4.18. The van der Waals surface area contributed by atoms with E-state index in [0.29, 0.717) is 18.0 Å². The van der Waals surface area contributed by atoms with Crippen LogP contribution in [0.5, 0.6) is 5.75 Å². The molecule has 2 aromatic rings. The molecule has 0 saturated carbocycles. The summed E-state index contributed by atoms with van der Waals surface area (Å²) in [5, 5.41) is 7.02. The number of methoxy groups -OCH3 is 1. The fourth-order valence-corrected chi connectivity index (χ4v) is 4.94. The fraction of sp³-hybridized carbons (Fsp3) is 0.267. The molecule has 8 nitrogen and oxygen atoms in total. The molecule has 0 saturated heterocycles. The molecule has 0 amide bonds. The van der Waals surface area contributed by atoms with Crippen LogP contribution in [0.1, 0.15) is 0 Å². The van der Waals surface area contributed by atoms with Gasteiger partial charge in [-0.3, -0.25) is 4.57 Å². The number of nitrogens with zero attached hydrogens (tertiary/aromatic N) is 1. The number of pyridine rings is 1. The number of aromatic nitrogens is 1. The van der Waals surface area contributed by atoms with Gasteiger partial charge in [0.05, 0.1) is 7.11 Å². The molecular weight excluding hydrogens is 368 g/mol. The number of hydrogen-bond acceptors (Lipinski definition) is 5. The summed E-state index contributed by atoms with van der Waals surface area (Å²) < 4.78 is 29.8. The van der Waals surface area contributed by atoms with Gasteiger partial charge < -0.3 is 29.1 Å². The Morgan fingerprint density at radius 2 is 1.84 bits per heavy atom. The third-order valence-corrected chi connectivity index (χ3v) is 8.16. The average molecular weight is 387 g/mol. The summed E-state index contributed by atoms with van der Waals surface area (Å²) in [6.45, 7) is -0.118. The predicted octanol–water partition coefficient (Wildman–Crippen LogP) is 0.742. The molecule has 0 spiro atoms. The van der Waals surface area contributed by atoms with E-state index < -0.39 is 26.6 Å². The van der Waals surface area contributed by atoms with Crippen molar-refractivity contribution in [3.05, 3.63) is 48.8 Å². The summed E-state index contributed by atoms with van der Waals surface area (Å²) in [4.78, 5) is 30.4. The Morgan fingerprint density at radius 3 is 2.40 bits per heavy atom. The lowest BCUT2D eigenvalue weighted by molar-refractivity contribution is -0.703. The minimum Gasteiger partial charge on any atom is -0.776 e. The second-order valence-corrected chi connectivity index (χ2v) is 10.3. The zero-order valence-electron chi connectivity index (χ0n) is 13.6. The highest BCUT2D eigenvalue weighted by Gasteiger charge is 2.54. The monoisotopic (exact) mass is 387 g/mol. The fourth-order valence-electron chi connectivity index (χ4n) is 2.29. The first kappa shape index (κ1) is 19.8. The summed E-state index contributed by atoms with van der Waals surface area (Å²) in [5.74, 6) is 0.622. The van der Waals surface area contributed by atoms with Gasteiger partial charge in [-0.1, -0.05) is 12.1 Å². The van der Waals surface area contributed by atoms with E-state index in [0.717, 1.165) is 5.56 Å². The van der Waals surface area contributed by atoms with Gasteiger partial charge in [-0.15, -0.1) is 0 Å². The molecule has 3 N–H and O–H groups in total. The number of benzene rings is 1. The molecular formula is C15H19NO7P2. The maximum atomic E-state index is 11.9. The number of rotatable bonds is 6. The second kappa shape index (κ2) is 7.00. The Kier molecular flexibility index (Phi) is 5.54. The lowest BCUT2D eigenvalue weighted by Crippen LogP contribution is -2.49. The molecule has 0 aliphatic heterocycles. The minimum atomic E-state index is -5.52. The van der Waals surface area contributed by atoms with Gasteiger partial charge in [-0.25, -0.2) is 4.57 Å². The molecule has 1 heterocycles. The van der Waals surface area contributed by atoms with Crippen molar-refractivity contribution in [1.29, 1.82) is 0 Å². The molecule has 3 unspecified atom stereocenters. The van der Waals surface area contributed by atoms with E-state index in [2.05, 4.69) is 0 Å². The number of aliphatic hydroxyl groups is 1. The van der Waals surface area contributed by atoms with Crippen LogP contribution in [-0.2, 0) is 15.7 Å². The van der Waals surface area contributed by atoms with Crippen LogP contribution in [0.3, 0.4) is 0 Å². The Labute approximate surface area is 145 Å².